The molecule has 1 unspecified atom stereocenters. The lowest BCUT2D eigenvalue weighted by molar-refractivity contribution is -0.139. The van der Waals surface area contributed by atoms with Crippen LogP contribution in [-0.4, -0.2) is 72.6 Å². The van der Waals surface area contributed by atoms with Gasteiger partial charge in [-0.05, 0) is 63.2 Å². The molecule has 0 aliphatic carbocycles. The van der Waals surface area contributed by atoms with Gasteiger partial charge in [0.05, 0.1) is 5.92 Å². The number of nitrogens with zero attached hydrogens (tertiary/aromatic N) is 1. The van der Waals surface area contributed by atoms with Gasteiger partial charge in [-0.3, -0.25) is 9.59 Å². The van der Waals surface area contributed by atoms with E-state index in [0.717, 1.165) is 38.8 Å². The van der Waals surface area contributed by atoms with E-state index in [1.54, 1.807) is 35.2 Å². The number of hydrogen-bond donors (Lipinski definition) is 4. The molecule has 2 aliphatic rings. The molecule has 3 amide bonds. The van der Waals surface area contributed by atoms with Gasteiger partial charge in [0.25, 0.3) is 0 Å². The van der Waals surface area contributed by atoms with Gasteiger partial charge in [0, 0.05) is 26.1 Å². The topological polar surface area (TPSA) is 137 Å². The van der Waals surface area contributed by atoms with Crippen molar-refractivity contribution < 1.29 is 29.0 Å². The van der Waals surface area contributed by atoms with Gasteiger partial charge >= 0.3 is 12.1 Å². The lowest BCUT2D eigenvalue weighted by Gasteiger charge is -2.33. The minimum atomic E-state index is -1.34. The fourth-order valence-corrected chi connectivity index (χ4v) is 4.39. The molecule has 3 rings (SSSR count). The molecule has 0 bridgehead atoms. The second-order valence-electron chi connectivity index (χ2n) is 8.89. The molecule has 4 N–H and O–H groups in total. The number of benzene rings is 1. The van der Waals surface area contributed by atoms with E-state index in [0.29, 0.717) is 31.8 Å². The summed E-state index contributed by atoms with van der Waals surface area (Å²) in [6.45, 7) is 2.69. The highest BCUT2D eigenvalue weighted by Gasteiger charge is 2.30. The highest BCUT2D eigenvalue weighted by molar-refractivity contribution is 5.84. The zero-order chi connectivity index (χ0) is 24.3. The fraction of sp³-hybridized carbons (Fsp3) is 0.583. The monoisotopic (exact) mass is 474 g/mol. The highest BCUT2D eigenvalue weighted by atomic mass is 16.6. The molecule has 186 valence electrons. The standard InChI is InChI=1S/C24H34N4O6/c29-21(9-8-17-10-12-25-13-11-17)28-14-4-5-18(16-28)22(30)26-15-20(23(31)32)27-24(33)34-19-6-2-1-3-7-19/h1-3,6-7,17-18,20,25H,4-5,8-16H2,(H,26,30)(H,27,33)(H,31,32)/t18-,20?/m1/s1. The third-order valence-electron chi connectivity index (χ3n) is 6.39. The van der Waals surface area contributed by atoms with E-state index in [2.05, 4.69) is 16.0 Å². The average molecular weight is 475 g/mol. The molecule has 2 fully saturated rings. The predicted molar refractivity (Wildman–Crippen MR) is 124 cm³/mol. The Morgan fingerprint density at radius 3 is 2.56 bits per heavy atom. The van der Waals surface area contributed by atoms with Gasteiger partial charge in [0.2, 0.25) is 11.8 Å². The summed E-state index contributed by atoms with van der Waals surface area (Å²) < 4.78 is 5.05. The minimum absolute atomic E-state index is 0.0739. The fourth-order valence-electron chi connectivity index (χ4n) is 4.39. The van der Waals surface area contributed by atoms with E-state index in [4.69, 9.17) is 4.74 Å². The van der Waals surface area contributed by atoms with E-state index in [-0.39, 0.29) is 24.1 Å². The molecule has 0 radical (unpaired) electrons. The van der Waals surface area contributed by atoms with Crippen LogP contribution in [-0.2, 0) is 14.4 Å². The van der Waals surface area contributed by atoms with Gasteiger partial charge in [0.15, 0.2) is 0 Å². The number of rotatable bonds is 9. The Kier molecular flexibility index (Phi) is 9.69. The summed E-state index contributed by atoms with van der Waals surface area (Å²) in [5, 5.41) is 17.6. The van der Waals surface area contributed by atoms with Gasteiger partial charge in [0.1, 0.15) is 11.8 Å². The maximum Gasteiger partial charge on any atom is 0.413 e. The summed E-state index contributed by atoms with van der Waals surface area (Å²) in [5.41, 5.74) is 0. The number of piperidine rings is 2. The predicted octanol–water partition coefficient (Wildman–Crippen LogP) is 1.36. The normalized spacial score (nSPS) is 19.6. The van der Waals surface area contributed by atoms with Crippen LogP contribution in [0.4, 0.5) is 4.79 Å². The first-order chi connectivity index (χ1) is 16.4. The van der Waals surface area contributed by atoms with Crippen LogP contribution >= 0.6 is 0 Å². The number of carbonyl (C=O) groups is 4. The molecule has 2 atom stereocenters. The second-order valence-corrected chi connectivity index (χ2v) is 8.89. The minimum Gasteiger partial charge on any atom is -0.480 e. The van der Waals surface area contributed by atoms with Gasteiger partial charge in [-0.1, -0.05) is 18.2 Å². The van der Waals surface area contributed by atoms with E-state index in [9.17, 15) is 24.3 Å². The van der Waals surface area contributed by atoms with E-state index in [1.807, 2.05) is 0 Å². The lowest BCUT2D eigenvalue weighted by atomic mass is 9.92. The maximum atomic E-state index is 12.7. The smallest absolute Gasteiger partial charge is 0.413 e. The van der Waals surface area contributed by atoms with Crippen LogP contribution in [0.25, 0.3) is 0 Å². The Labute approximate surface area is 199 Å². The first kappa shape index (κ1) is 25.5. The van der Waals surface area contributed by atoms with Crippen molar-refractivity contribution >= 4 is 23.9 Å². The van der Waals surface area contributed by atoms with Crippen LogP contribution in [0.5, 0.6) is 5.75 Å². The summed E-state index contributed by atoms with van der Waals surface area (Å²) in [5.74, 6) is -1.08. The van der Waals surface area contributed by atoms with Crippen molar-refractivity contribution in [3.63, 3.8) is 0 Å². The Bertz CT molecular complexity index is 843. The van der Waals surface area contributed by atoms with Crippen molar-refractivity contribution in [2.75, 3.05) is 32.7 Å². The SMILES string of the molecule is O=C(NC(CNC(=O)[C@@H]1CCCN(C(=O)CCC2CCNCC2)C1)C(=O)O)Oc1ccccc1. The Balaban J connectivity index is 1.43. The van der Waals surface area contributed by atoms with Crippen LogP contribution in [0.15, 0.2) is 30.3 Å². The number of amides is 3. The van der Waals surface area contributed by atoms with Gasteiger partial charge < -0.3 is 30.7 Å². The van der Waals surface area contributed by atoms with Gasteiger partial charge in [-0.2, -0.15) is 0 Å². The molecular formula is C24H34N4O6. The molecule has 0 spiro atoms. The lowest BCUT2D eigenvalue weighted by Crippen LogP contribution is -2.51. The highest BCUT2D eigenvalue weighted by Crippen LogP contribution is 2.21. The summed E-state index contributed by atoms with van der Waals surface area (Å²) in [4.78, 5) is 50.7. The molecular weight excluding hydrogens is 440 g/mol. The van der Waals surface area contributed by atoms with Crippen molar-refractivity contribution in [1.82, 2.24) is 20.9 Å². The van der Waals surface area contributed by atoms with Crippen LogP contribution < -0.4 is 20.7 Å². The van der Waals surface area contributed by atoms with Gasteiger partial charge in [-0.25, -0.2) is 9.59 Å². The Morgan fingerprint density at radius 1 is 1.12 bits per heavy atom. The van der Waals surface area contributed by atoms with Crippen LogP contribution in [0.3, 0.4) is 0 Å². The number of ether oxygens (including phenoxy) is 1. The second kappa shape index (κ2) is 12.9. The zero-order valence-electron chi connectivity index (χ0n) is 19.3. The molecule has 34 heavy (non-hydrogen) atoms. The van der Waals surface area contributed by atoms with E-state index < -0.39 is 24.0 Å². The Hall–Kier alpha value is -3.14. The summed E-state index contributed by atoms with van der Waals surface area (Å²) in [6, 6.07) is 6.92. The summed E-state index contributed by atoms with van der Waals surface area (Å²) in [6.07, 6.45) is 3.99. The number of nitrogens with one attached hydrogen (secondary N) is 3. The molecule has 2 aliphatic heterocycles. The number of carboxylic acids is 1. The number of hydrogen-bond acceptors (Lipinski definition) is 6. The van der Waals surface area contributed by atoms with Crippen molar-refractivity contribution in [3.05, 3.63) is 30.3 Å². The molecule has 1 aromatic carbocycles. The molecule has 2 heterocycles. The number of para-hydroxylation sites is 1. The summed E-state index contributed by atoms with van der Waals surface area (Å²) >= 11 is 0. The van der Waals surface area contributed by atoms with Crippen molar-refractivity contribution in [1.29, 1.82) is 0 Å². The van der Waals surface area contributed by atoms with Gasteiger partial charge in [-0.15, -0.1) is 0 Å². The quantitative estimate of drug-likeness (QED) is 0.424. The number of likely N-dealkylation sites (tertiary alicyclic amines) is 1. The third-order valence-corrected chi connectivity index (χ3v) is 6.39. The van der Waals surface area contributed by atoms with Crippen LogP contribution in [0.2, 0.25) is 0 Å². The molecule has 0 saturated carbocycles. The third kappa shape index (κ3) is 8.02. The van der Waals surface area contributed by atoms with Crippen LogP contribution in [0, 0.1) is 11.8 Å². The molecule has 0 aromatic heterocycles. The Morgan fingerprint density at radius 2 is 1.85 bits per heavy atom. The van der Waals surface area contributed by atoms with Crippen molar-refractivity contribution in [2.45, 2.75) is 44.6 Å². The maximum absolute atomic E-state index is 12.7. The van der Waals surface area contributed by atoms with Crippen molar-refractivity contribution in [3.8, 4) is 5.75 Å². The number of carbonyl (C=O) groups excluding carboxylic acids is 3. The molecule has 10 heteroatoms. The molecule has 1 aromatic rings. The first-order valence-corrected chi connectivity index (χ1v) is 11.9. The largest absolute Gasteiger partial charge is 0.480 e. The summed E-state index contributed by atoms with van der Waals surface area (Å²) in [7, 11) is 0. The van der Waals surface area contributed by atoms with Crippen molar-refractivity contribution in [2.24, 2.45) is 11.8 Å². The average Bonchev–Trinajstić information content (AvgIpc) is 2.86. The molecule has 10 nitrogen and oxygen atoms in total. The number of carboxylic acid groups (broad SMARTS) is 1. The van der Waals surface area contributed by atoms with E-state index >= 15 is 0 Å². The van der Waals surface area contributed by atoms with Crippen LogP contribution in [0.1, 0.15) is 38.5 Å². The molecule has 2 saturated heterocycles. The number of aliphatic carboxylic acids is 1. The van der Waals surface area contributed by atoms with E-state index in [1.165, 1.54) is 0 Å². The first-order valence-electron chi connectivity index (χ1n) is 11.9. The zero-order valence-corrected chi connectivity index (χ0v) is 19.3.